The Morgan fingerprint density at radius 3 is 2.78 bits per heavy atom. The van der Waals surface area contributed by atoms with E-state index in [0.717, 1.165) is 18.2 Å². The summed E-state index contributed by atoms with van der Waals surface area (Å²) in [6.07, 6.45) is 1.52. The Morgan fingerprint density at radius 1 is 1.28 bits per heavy atom. The summed E-state index contributed by atoms with van der Waals surface area (Å²) in [6.45, 7) is 2.27. The number of hydrogen-bond acceptors (Lipinski definition) is 3. The molecular weight excluding hydrogens is 236 g/mol. The minimum Gasteiger partial charge on any atom is -0.330 e. The normalized spacial score (nSPS) is 12.4. The van der Waals surface area contributed by atoms with Crippen molar-refractivity contribution < 1.29 is 8.78 Å². The van der Waals surface area contributed by atoms with E-state index in [1.54, 1.807) is 6.07 Å². The van der Waals surface area contributed by atoms with Gasteiger partial charge in [0, 0.05) is 24.2 Å². The van der Waals surface area contributed by atoms with Crippen molar-refractivity contribution in [1.29, 1.82) is 0 Å². The van der Waals surface area contributed by atoms with Crippen LogP contribution >= 0.6 is 0 Å². The first-order valence-electron chi connectivity index (χ1n) is 5.60. The molecule has 18 heavy (non-hydrogen) atoms. The molecule has 1 heterocycles. The molecule has 2 aromatic rings. The lowest BCUT2D eigenvalue weighted by atomic mass is 10.1. The first-order chi connectivity index (χ1) is 8.61. The average Bonchev–Trinajstić information content (AvgIpc) is 2.40. The van der Waals surface area contributed by atoms with Crippen LogP contribution in [0.2, 0.25) is 0 Å². The molecule has 0 saturated heterocycles. The van der Waals surface area contributed by atoms with Crippen LogP contribution in [0.3, 0.4) is 0 Å². The van der Waals surface area contributed by atoms with E-state index < -0.39 is 11.6 Å². The molecule has 94 valence electrons. The van der Waals surface area contributed by atoms with Gasteiger partial charge in [0.2, 0.25) is 0 Å². The molecule has 0 aliphatic heterocycles. The summed E-state index contributed by atoms with van der Waals surface area (Å²) in [6, 6.07) is 4.82. The first-order valence-corrected chi connectivity index (χ1v) is 5.60. The Kier molecular flexibility index (Phi) is 3.62. The zero-order valence-electron chi connectivity index (χ0n) is 9.90. The van der Waals surface area contributed by atoms with E-state index in [1.807, 2.05) is 6.92 Å². The topological polar surface area (TPSA) is 51.8 Å². The van der Waals surface area contributed by atoms with Gasteiger partial charge in [0.15, 0.2) is 0 Å². The Balaban J connectivity index is 2.47. The summed E-state index contributed by atoms with van der Waals surface area (Å²) >= 11 is 0. The maximum Gasteiger partial charge on any atom is 0.133 e. The monoisotopic (exact) mass is 249 g/mol. The van der Waals surface area contributed by atoms with E-state index in [9.17, 15) is 8.78 Å². The van der Waals surface area contributed by atoms with E-state index >= 15 is 0 Å². The highest BCUT2D eigenvalue weighted by molar-refractivity contribution is 5.59. The van der Waals surface area contributed by atoms with Gasteiger partial charge in [-0.1, -0.05) is 6.92 Å². The molecule has 2 N–H and O–H groups in total. The van der Waals surface area contributed by atoms with Gasteiger partial charge in [-0.3, -0.25) is 0 Å². The molecule has 2 rings (SSSR count). The van der Waals surface area contributed by atoms with Gasteiger partial charge in [-0.2, -0.15) is 0 Å². The molecule has 5 heteroatoms. The number of rotatable bonds is 3. The van der Waals surface area contributed by atoms with Crippen LogP contribution in [0.15, 0.2) is 30.5 Å². The van der Waals surface area contributed by atoms with Crippen molar-refractivity contribution in [3.8, 4) is 11.3 Å². The van der Waals surface area contributed by atoms with E-state index in [-0.39, 0.29) is 11.5 Å². The quantitative estimate of drug-likeness (QED) is 0.909. The van der Waals surface area contributed by atoms with Crippen molar-refractivity contribution in [2.45, 2.75) is 12.8 Å². The van der Waals surface area contributed by atoms with Crippen LogP contribution in [0.4, 0.5) is 8.78 Å². The second-order valence-corrected chi connectivity index (χ2v) is 4.06. The highest BCUT2D eigenvalue weighted by Gasteiger charge is 2.11. The number of nitrogens with zero attached hydrogens (tertiary/aromatic N) is 2. The van der Waals surface area contributed by atoms with E-state index in [0.29, 0.717) is 18.1 Å². The van der Waals surface area contributed by atoms with Crippen LogP contribution in [-0.4, -0.2) is 16.5 Å². The van der Waals surface area contributed by atoms with E-state index in [4.69, 9.17) is 5.73 Å². The third kappa shape index (κ3) is 2.51. The second-order valence-electron chi connectivity index (χ2n) is 4.06. The molecule has 0 saturated carbocycles. The van der Waals surface area contributed by atoms with Gasteiger partial charge in [0.1, 0.15) is 17.5 Å². The second kappa shape index (κ2) is 5.18. The maximum absolute atomic E-state index is 13.6. The standard InChI is InChI=1S/C13H13F2N3/c1-8(7-16)13-17-5-4-12(18-13)10-6-9(14)2-3-11(10)15/h2-6,8H,7,16H2,1H3. The number of benzene rings is 1. The number of halogens is 2. The van der Waals surface area contributed by atoms with Gasteiger partial charge in [0.25, 0.3) is 0 Å². The highest BCUT2D eigenvalue weighted by Crippen LogP contribution is 2.22. The van der Waals surface area contributed by atoms with Crippen LogP contribution < -0.4 is 5.73 Å². The van der Waals surface area contributed by atoms with Crippen molar-refractivity contribution in [2.24, 2.45) is 5.73 Å². The number of aromatic nitrogens is 2. The van der Waals surface area contributed by atoms with E-state index in [2.05, 4.69) is 9.97 Å². The molecular formula is C13H13F2N3. The summed E-state index contributed by atoms with van der Waals surface area (Å²) in [7, 11) is 0. The summed E-state index contributed by atoms with van der Waals surface area (Å²) in [5.74, 6) is -0.514. The zero-order valence-corrected chi connectivity index (χ0v) is 9.90. The molecule has 0 fully saturated rings. The highest BCUT2D eigenvalue weighted by atomic mass is 19.1. The summed E-state index contributed by atoms with van der Waals surface area (Å²) < 4.78 is 26.7. The number of hydrogen-bond donors (Lipinski definition) is 1. The molecule has 3 nitrogen and oxygen atoms in total. The maximum atomic E-state index is 13.6. The fourth-order valence-corrected chi connectivity index (χ4v) is 1.56. The Labute approximate surface area is 104 Å². The van der Waals surface area contributed by atoms with Gasteiger partial charge < -0.3 is 5.73 Å². The molecule has 0 aliphatic rings. The predicted octanol–water partition coefficient (Wildman–Crippen LogP) is 2.48. The lowest BCUT2D eigenvalue weighted by molar-refractivity contribution is 0.602. The Morgan fingerprint density at radius 2 is 2.06 bits per heavy atom. The minimum atomic E-state index is -0.513. The van der Waals surface area contributed by atoms with Gasteiger partial charge in [-0.15, -0.1) is 0 Å². The molecule has 0 amide bonds. The molecule has 0 spiro atoms. The van der Waals surface area contributed by atoms with E-state index in [1.165, 1.54) is 6.20 Å². The molecule has 1 aromatic heterocycles. The fraction of sp³-hybridized carbons (Fsp3) is 0.231. The van der Waals surface area contributed by atoms with Crippen LogP contribution in [0.5, 0.6) is 0 Å². The van der Waals surface area contributed by atoms with Crippen molar-refractivity contribution in [3.05, 3.63) is 47.9 Å². The molecule has 1 aromatic carbocycles. The summed E-state index contributed by atoms with van der Waals surface area (Å²) in [5.41, 5.74) is 6.02. The fourth-order valence-electron chi connectivity index (χ4n) is 1.56. The van der Waals surface area contributed by atoms with Crippen molar-refractivity contribution in [3.63, 3.8) is 0 Å². The molecule has 0 radical (unpaired) electrons. The third-order valence-corrected chi connectivity index (χ3v) is 2.67. The lowest BCUT2D eigenvalue weighted by Gasteiger charge is -2.09. The zero-order chi connectivity index (χ0) is 13.1. The van der Waals surface area contributed by atoms with Crippen molar-refractivity contribution in [2.75, 3.05) is 6.54 Å². The SMILES string of the molecule is CC(CN)c1nccc(-c2cc(F)ccc2F)n1. The van der Waals surface area contributed by atoms with Crippen LogP contribution in [0.25, 0.3) is 11.3 Å². The summed E-state index contributed by atoms with van der Waals surface area (Å²) in [4.78, 5) is 8.30. The van der Waals surface area contributed by atoms with Crippen molar-refractivity contribution >= 4 is 0 Å². The third-order valence-electron chi connectivity index (χ3n) is 2.67. The van der Waals surface area contributed by atoms with Crippen molar-refractivity contribution in [1.82, 2.24) is 9.97 Å². The van der Waals surface area contributed by atoms with Crippen LogP contribution in [0.1, 0.15) is 18.7 Å². The summed E-state index contributed by atoms with van der Waals surface area (Å²) in [5, 5.41) is 0. The average molecular weight is 249 g/mol. The van der Waals surface area contributed by atoms with Gasteiger partial charge in [0.05, 0.1) is 5.69 Å². The predicted molar refractivity (Wildman–Crippen MR) is 64.9 cm³/mol. The van der Waals surface area contributed by atoms with Crippen LogP contribution in [-0.2, 0) is 0 Å². The smallest absolute Gasteiger partial charge is 0.133 e. The van der Waals surface area contributed by atoms with Crippen LogP contribution in [0, 0.1) is 11.6 Å². The molecule has 1 atom stereocenters. The molecule has 0 aliphatic carbocycles. The Hall–Kier alpha value is -1.88. The van der Waals surface area contributed by atoms with Gasteiger partial charge in [-0.25, -0.2) is 18.7 Å². The molecule has 1 unspecified atom stereocenters. The number of nitrogens with two attached hydrogens (primary N) is 1. The molecule has 0 bridgehead atoms. The minimum absolute atomic E-state index is 0.0263. The van der Waals surface area contributed by atoms with Gasteiger partial charge >= 0.3 is 0 Å². The lowest BCUT2D eigenvalue weighted by Crippen LogP contribution is -2.12. The van der Waals surface area contributed by atoms with Gasteiger partial charge in [-0.05, 0) is 24.3 Å². The Bertz CT molecular complexity index is 558. The first kappa shape index (κ1) is 12.6. The largest absolute Gasteiger partial charge is 0.330 e.